The molecule has 0 radical (unpaired) electrons. The normalized spacial score (nSPS) is 31.9. The number of halogens is 6. The minimum atomic E-state index is -5.74. The fourth-order valence-electron chi connectivity index (χ4n) is 4.31. The van der Waals surface area contributed by atoms with Crippen LogP contribution in [0.5, 0.6) is 0 Å². The maximum Gasteiger partial charge on any atom is 0.428 e. The molecule has 0 bridgehead atoms. The highest BCUT2D eigenvalue weighted by Crippen LogP contribution is 2.58. The van der Waals surface area contributed by atoms with Gasteiger partial charge in [-0.05, 0) is 51.4 Å². The van der Waals surface area contributed by atoms with Crippen molar-refractivity contribution in [1.82, 2.24) is 0 Å². The highest BCUT2D eigenvalue weighted by atomic mass is 19.4. The minimum Gasteiger partial charge on any atom is -0.227 e. The number of hydrogen-bond donors (Lipinski definition) is 0. The number of alkyl halides is 6. The van der Waals surface area contributed by atoms with Crippen LogP contribution in [0.1, 0.15) is 51.4 Å². The molecule has 0 aromatic heterocycles. The van der Waals surface area contributed by atoms with Crippen molar-refractivity contribution in [2.24, 2.45) is 21.8 Å². The predicted octanol–water partition coefficient (Wildman–Crippen LogP) is 4.68. The van der Waals surface area contributed by atoms with Crippen LogP contribution in [0, 0.1) is 11.8 Å². The van der Waals surface area contributed by atoms with Crippen molar-refractivity contribution in [2.45, 2.75) is 81.2 Å². The van der Waals surface area contributed by atoms with E-state index < -0.39 is 54.5 Å². The standard InChI is InChI=1S/C17H20F6N2O2/c18-15(17(21,22)23,11-1-5-13(6-2-11)24-9-26)16(19,20)12-3-7-14(8-4-12)25-10-27/h11-14H,1-8H2. The van der Waals surface area contributed by atoms with Gasteiger partial charge in [0.05, 0.1) is 12.1 Å². The maximum absolute atomic E-state index is 15.2. The zero-order valence-electron chi connectivity index (χ0n) is 14.4. The maximum atomic E-state index is 15.2. The second kappa shape index (κ2) is 8.15. The van der Waals surface area contributed by atoms with Gasteiger partial charge in [0.15, 0.2) is 0 Å². The SMILES string of the molecule is O=C=NC1CCC(C(F)(F)C(F)(C2CCC(N=C=O)CC2)C(F)(F)F)CC1. The summed E-state index contributed by atoms with van der Waals surface area (Å²) in [6, 6.07) is -1.17. The molecule has 2 saturated carbocycles. The number of nitrogens with zero attached hydrogens (tertiary/aromatic N) is 2. The lowest BCUT2D eigenvalue weighted by Gasteiger charge is -2.46. The summed E-state index contributed by atoms with van der Waals surface area (Å²) in [6.07, 6.45) is -4.88. The van der Waals surface area contributed by atoms with E-state index in [1.807, 2.05) is 0 Å². The molecule has 0 N–H and O–H groups in total. The van der Waals surface area contributed by atoms with Gasteiger partial charge in [-0.2, -0.15) is 13.2 Å². The van der Waals surface area contributed by atoms with Crippen molar-refractivity contribution in [2.75, 3.05) is 0 Å². The molecule has 4 nitrogen and oxygen atoms in total. The van der Waals surface area contributed by atoms with Crippen LogP contribution in [0.2, 0.25) is 0 Å². The summed E-state index contributed by atoms with van der Waals surface area (Å²) in [5, 5.41) is 0. The molecular formula is C17H20F6N2O2. The van der Waals surface area contributed by atoms with Gasteiger partial charge >= 0.3 is 6.18 Å². The molecule has 0 amide bonds. The first-order chi connectivity index (χ1) is 12.6. The average molecular weight is 398 g/mol. The van der Waals surface area contributed by atoms with Crippen molar-refractivity contribution >= 4 is 12.2 Å². The lowest BCUT2D eigenvalue weighted by atomic mass is 9.67. The van der Waals surface area contributed by atoms with Crippen molar-refractivity contribution in [3.8, 4) is 0 Å². The van der Waals surface area contributed by atoms with Crippen LogP contribution < -0.4 is 0 Å². The summed E-state index contributed by atoms with van der Waals surface area (Å²) in [5.74, 6) is -8.30. The predicted molar refractivity (Wildman–Crippen MR) is 82.6 cm³/mol. The molecule has 2 fully saturated rings. The summed E-state index contributed by atoms with van der Waals surface area (Å²) >= 11 is 0. The lowest BCUT2D eigenvalue weighted by molar-refractivity contribution is -0.337. The topological polar surface area (TPSA) is 58.9 Å². The van der Waals surface area contributed by atoms with Gasteiger partial charge in [0.25, 0.3) is 11.6 Å². The van der Waals surface area contributed by atoms with E-state index in [1.165, 1.54) is 12.2 Å². The number of hydrogen-bond acceptors (Lipinski definition) is 4. The van der Waals surface area contributed by atoms with Crippen LogP contribution in [0.15, 0.2) is 9.98 Å². The van der Waals surface area contributed by atoms with Crippen LogP contribution in [-0.4, -0.2) is 42.0 Å². The molecule has 0 saturated heterocycles. The highest BCUT2D eigenvalue weighted by molar-refractivity contribution is 5.34. The van der Waals surface area contributed by atoms with Gasteiger partial charge in [0.2, 0.25) is 12.2 Å². The Morgan fingerprint density at radius 2 is 1.00 bits per heavy atom. The molecular weight excluding hydrogens is 378 g/mol. The highest BCUT2D eigenvalue weighted by Gasteiger charge is 2.75. The Labute approximate surface area is 152 Å². The summed E-state index contributed by atoms with van der Waals surface area (Å²) in [4.78, 5) is 27.3. The Bertz CT molecular complexity index is 611. The van der Waals surface area contributed by atoms with Gasteiger partial charge in [0, 0.05) is 11.8 Å². The molecule has 0 spiro atoms. The van der Waals surface area contributed by atoms with E-state index in [-0.39, 0.29) is 38.5 Å². The summed E-state index contributed by atoms with van der Waals surface area (Å²) in [7, 11) is 0. The quantitative estimate of drug-likeness (QED) is 0.384. The fraction of sp³-hybridized carbons (Fsp3) is 0.882. The molecule has 0 aromatic rings. The van der Waals surface area contributed by atoms with E-state index >= 15 is 4.39 Å². The van der Waals surface area contributed by atoms with Crippen molar-refractivity contribution in [3.05, 3.63) is 0 Å². The van der Waals surface area contributed by atoms with Gasteiger partial charge in [-0.15, -0.1) is 0 Å². The fourth-order valence-corrected chi connectivity index (χ4v) is 4.31. The Kier molecular flexibility index (Phi) is 6.53. The summed E-state index contributed by atoms with van der Waals surface area (Å²) in [5.41, 5.74) is -4.65. The van der Waals surface area contributed by atoms with E-state index in [2.05, 4.69) is 9.98 Å². The molecule has 0 aromatic carbocycles. The first-order valence-electron chi connectivity index (χ1n) is 8.85. The van der Waals surface area contributed by atoms with Gasteiger partial charge in [0.1, 0.15) is 0 Å². The monoisotopic (exact) mass is 398 g/mol. The molecule has 1 unspecified atom stereocenters. The van der Waals surface area contributed by atoms with Gasteiger partial charge in [-0.25, -0.2) is 32.7 Å². The molecule has 10 heteroatoms. The van der Waals surface area contributed by atoms with Crippen LogP contribution in [0.25, 0.3) is 0 Å². The molecule has 2 aliphatic carbocycles. The second-order valence-electron chi connectivity index (χ2n) is 7.28. The van der Waals surface area contributed by atoms with E-state index in [4.69, 9.17) is 0 Å². The first-order valence-corrected chi connectivity index (χ1v) is 8.85. The van der Waals surface area contributed by atoms with E-state index in [0.717, 1.165) is 0 Å². The number of carbonyl (C=O) groups excluding carboxylic acids is 2. The van der Waals surface area contributed by atoms with Crippen LogP contribution in [0.4, 0.5) is 26.3 Å². The summed E-state index contributed by atoms with van der Waals surface area (Å²) in [6.45, 7) is 0. The van der Waals surface area contributed by atoms with Crippen molar-refractivity contribution in [1.29, 1.82) is 0 Å². The third-order valence-corrected chi connectivity index (χ3v) is 5.84. The van der Waals surface area contributed by atoms with Gasteiger partial charge in [-0.3, -0.25) is 0 Å². The molecule has 0 heterocycles. The van der Waals surface area contributed by atoms with Gasteiger partial charge in [-0.1, -0.05) is 0 Å². The van der Waals surface area contributed by atoms with E-state index in [9.17, 15) is 31.5 Å². The van der Waals surface area contributed by atoms with Crippen LogP contribution in [0.3, 0.4) is 0 Å². The zero-order valence-corrected chi connectivity index (χ0v) is 14.4. The number of rotatable bonds is 5. The van der Waals surface area contributed by atoms with Crippen molar-refractivity contribution < 1.29 is 35.9 Å². The number of isocyanates is 2. The van der Waals surface area contributed by atoms with Crippen LogP contribution in [-0.2, 0) is 9.59 Å². The molecule has 2 aliphatic rings. The smallest absolute Gasteiger partial charge is 0.227 e. The third-order valence-electron chi connectivity index (χ3n) is 5.84. The van der Waals surface area contributed by atoms with E-state index in [0.29, 0.717) is 0 Å². The first kappa shape index (κ1) is 21.6. The third kappa shape index (κ3) is 4.11. The van der Waals surface area contributed by atoms with Gasteiger partial charge < -0.3 is 0 Å². The molecule has 152 valence electrons. The Morgan fingerprint density at radius 1 is 0.630 bits per heavy atom. The second-order valence-corrected chi connectivity index (χ2v) is 7.28. The Hall–Kier alpha value is -1.66. The zero-order chi connectivity index (χ0) is 20.3. The minimum absolute atomic E-state index is 0.00970. The largest absolute Gasteiger partial charge is 0.428 e. The molecule has 2 rings (SSSR count). The molecule has 27 heavy (non-hydrogen) atoms. The summed E-state index contributed by atoms with van der Waals surface area (Å²) < 4.78 is 85.8. The van der Waals surface area contributed by atoms with Crippen LogP contribution >= 0.6 is 0 Å². The van der Waals surface area contributed by atoms with Crippen molar-refractivity contribution in [3.63, 3.8) is 0 Å². The number of aliphatic imine (C=N–C) groups is 2. The molecule has 0 aliphatic heterocycles. The Balaban J connectivity index is 2.24. The van der Waals surface area contributed by atoms with E-state index in [1.54, 1.807) is 0 Å². The molecule has 1 atom stereocenters. The average Bonchev–Trinajstić information content (AvgIpc) is 2.61. The Morgan fingerprint density at radius 3 is 1.33 bits per heavy atom. The lowest BCUT2D eigenvalue weighted by Crippen LogP contribution is -2.63.